The number of nitrogens with two attached hydrogens (primary N) is 1. The number of amides is 2. The molecule has 2 atom stereocenters. The van der Waals surface area contributed by atoms with E-state index in [1.165, 1.54) is 0 Å². The number of hydrogen-bond acceptors (Lipinski definition) is 1. The highest BCUT2D eigenvalue weighted by Gasteiger charge is 2.15. The Kier molecular flexibility index (Phi) is 7.67. The largest absolute Gasteiger partial charge is 0.352 e. The zero-order valence-electron chi connectivity index (χ0n) is 8.64. The molecule has 0 saturated carbocycles. The molecule has 0 rings (SSSR count). The summed E-state index contributed by atoms with van der Waals surface area (Å²) in [5.41, 5.74) is 5.01. The summed E-state index contributed by atoms with van der Waals surface area (Å²) >= 11 is 2.38. The van der Waals surface area contributed by atoms with Crippen LogP contribution in [0.3, 0.4) is 0 Å². The minimum Gasteiger partial charge on any atom is -0.352 e. The SMILES string of the molecule is CC#CC(CNC(N)=O)C(I)CCC. The normalized spacial score (nSPS) is 13.6. The lowest BCUT2D eigenvalue weighted by atomic mass is 10.0. The molecule has 4 heteroatoms. The number of urea groups is 1. The van der Waals surface area contributed by atoms with Gasteiger partial charge in [-0.05, 0) is 13.3 Å². The summed E-state index contributed by atoms with van der Waals surface area (Å²) in [5, 5.41) is 2.60. The zero-order valence-corrected chi connectivity index (χ0v) is 10.8. The fourth-order valence-electron chi connectivity index (χ4n) is 1.14. The number of halogens is 1. The fourth-order valence-corrected chi connectivity index (χ4v) is 2.20. The van der Waals surface area contributed by atoms with E-state index in [2.05, 4.69) is 46.7 Å². The molecule has 14 heavy (non-hydrogen) atoms. The molecule has 0 aliphatic heterocycles. The van der Waals surface area contributed by atoms with Gasteiger partial charge in [0.15, 0.2) is 0 Å². The molecule has 0 saturated heterocycles. The fraction of sp³-hybridized carbons (Fsp3) is 0.700. The van der Waals surface area contributed by atoms with Gasteiger partial charge in [0.25, 0.3) is 0 Å². The first-order chi connectivity index (χ1) is 6.61. The maximum absolute atomic E-state index is 10.5. The van der Waals surface area contributed by atoms with Crippen LogP contribution in [0.2, 0.25) is 0 Å². The Labute approximate surface area is 99.3 Å². The second-order valence-corrected chi connectivity index (χ2v) is 4.65. The first-order valence-electron chi connectivity index (χ1n) is 4.71. The van der Waals surface area contributed by atoms with Crippen molar-refractivity contribution >= 4 is 28.6 Å². The maximum Gasteiger partial charge on any atom is 0.312 e. The van der Waals surface area contributed by atoms with Crippen molar-refractivity contribution in [1.29, 1.82) is 0 Å². The molecule has 0 spiro atoms. The molecule has 3 nitrogen and oxygen atoms in total. The van der Waals surface area contributed by atoms with E-state index >= 15 is 0 Å². The van der Waals surface area contributed by atoms with Crippen LogP contribution in [0.15, 0.2) is 0 Å². The summed E-state index contributed by atoms with van der Waals surface area (Å²) in [6.07, 6.45) is 2.24. The van der Waals surface area contributed by atoms with E-state index in [9.17, 15) is 4.79 Å². The van der Waals surface area contributed by atoms with Crippen LogP contribution in [0.4, 0.5) is 4.79 Å². The third-order valence-electron chi connectivity index (χ3n) is 1.83. The van der Waals surface area contributed by atoms with Gasteiger partial charge < -0.3 is 11.1 Å². The molecule has 80 valence electrons. The van der Waals surface area contributed by atoms with E-state index < -0.39 is 6.03 Å². The highest BCUT2D eigenvalue weighted by Crippen LogP contribution is 2.18. The molecule has 0 fully saturated rings. The van der Waals surface area contributed by atoms with Gasteiger partial charge in [0.1, 0.15) is 0 Å². The Hall–Kier alpha value is -0.440. The van der Waals surface area contributed by atoms with Crippen LogP contribution in [-0.2, 0) is 0 Å². The summed E-state index contributed by atoms with van der Waals surface area (Å²) in [6, 6.07) is -0.479. The highest BCUT2D eigenvalue weighted by atomic mass is 127. The van der Waals surface area contributed by atoms with Gasteiger partial charge >= 0.3 is 6.03 Å². The van der Waals surface area contributed by atoms with Gasteiger partial charge in [-0.2, -0.15) is 0 Å². The topological polar surface area (TPSA) is 55.1 Å². The summed E-state index contributed by atoms with van der Waals surface area (Å²) in [6.45, 7) is 4.50. The Morgan fingerprint density at radius 1 is 1.64 bits per heavy atom. The van der Waals surface area contributed by atoms with Crippen molar-refractivity contribution in [1.82, 2.24) is 5.32 Å². The van der Waals surface area contributed by atoms with Crippen molar-refractivity contribution in [2.45, 2.75) is 30.6 Å². The number of alkyl halides is 1. The first-order valence-corrected chi connectivity index (χ1v) is 5.96. The van der Waals surface area contributed by atoms with Crippen LogP contribution in [0.5, 0.6) is 0 Å². The number of rotatable bonds is 5. The van der Waals surface area contributed by atoms with Gasteiger partial charge in [-0.15, -0.1) is 5.92 Å². The molecule has 0 bridgehead atoms. The van der Waals surface area contributed by atoms with E-state index in [1.54, 1.807) is 0 Å². The van der Waals surface area contributed by atoms with Gasteiger partial charge in [-0.3, -0.25) is 0 Å². The molecule has 0 aliphatic carbocycles. The van der Waals surface area contributed by atoms with Crippen molar-refractivity contribution in [3.8, 4) is 11.8 Å². The van der Waals surface area contributed by atoms with E-state index in [0.29, 0.717) is 10.5 Å². The predicted octanol–water partition coefficient (Wildman–Crippen LogP) is 1.90. The summed E-state index contributed by atoms with van der Waals surface area (Å²) < 4.78 is 0.469. The van der Waals surface area contributed by atoms with Gasteiger partial charge in [-0.1, -0.05) is 41.9 Å². The van der Waals surface area contributed by atoms with Crippen molar-refractivity contribution < 1.29 is 4.79 Å². The summed E-state index contributed by atoms with van der Waals surface area (Å²) in [7, 11) is 0. The second-order valence-electron chi connectivity index (χ2n) is 3.05. The van der Waals surface area contributed by atoms with Crippen molar-refractivity contribution in [2.24, 2.45) is 11.7 Å². The lowest BCUT2D eigenvalue weighted by molar-refractivity contribution is 0.248. The van der Waals surface area contributed by atoms with E-state index in [1.807, 2.05) is 6.92 Å². The van der Waals surface area contributed by atoms with Crippen molar-refractivity contribution in [3.05, 3.63) is 0 Å². The molecule has 0 aromatic heterocycles. The number of nitrogens with one attached hydrogen (secondary N) is 1. The third kappa shape index (κ3) is 6.08. The summed E-state index contributed by atoms with van der Waals surface area (Å²) in [4.78, 5) is 10.5. The van der Waals surface area contributed by atoms with Gasteiger partial charge in [-0.25, -0.2) is 4.79 Å². The molecular formula is C10H17IN2O. The van der Waals surface area contributed by atoms with Gasteiger partial charge in [0.05, 0.1) is 0 Å². The van der Waals surface area contributed by atoms with Crippen LogP contribution in [0.25, 0.3) is 0 Å². The third-order valence-corrected chi connectivity index (χ3v) is 3.32. The maximum atomic E-state index is 10.5. The van der Waals surface area contributed by atoms with E-state index in [4.69, 9.17) is 5.73 Å². The summed E-state index contributed by atoms with van der Waals surface area (Å²) in [5.74, 6) is 6.18. The number of primary amides is 1. The van der Waals surface area contributed by atoms with Crippen LogP contribution in [0, 0.1) is 17.8 Å². The highest BCUT2D eigenvalue weighted by molar-refractivity contribution is 14.1. The molecule has 0 radical (unpaired) electrons. The van der Waals surface area contributed by atoms with Crippen molar-refractivity contribution in [2.75, 3.05) is 6.54 Å². The monoisotopic (exact) mass is 308 g/mol. The molecular weight excluding hydrogens is 291 g/mol. The van der Waals surface area contributed by atoms with Crippen molar-refractivity contribution in [3.63, 3.8) is 0 Å². The number of carbonyl (C=O) groups excluding carboxylic acids is 1. The Morgan fingerprint density at radius 3 is 2.71 bits per heavy atom. The lowest BCUT2D eigenvalue weighted by Crippen LogP contribution is -2.35. The average molecular weight is 308 g/mol. The molecule has 0 aromatic carbocycles. The quantitative estimate of drug-likeness (QED) is 0.455. The van der Waals surface area contributed by atoms with Crippen LogP contribution in [-0.4, -0.2) is 16.5 Å². The molecule has 2 amide bonds. The second kappa shape index (κ2) is 7.92. The molecule has 0 aliphatic rings. The molecule has 3 N–H and O–H groups in total. The van der Waals surface area contributed by atoms with Gasteiger partial charge in [0.2, 0.25) is 0 Å². The minimum atomic E-state index is -0.479. The number of carbonyl (C=O) groups is 1. The smallest absolute Gasteiger partial charge is 0.312 e. The van der Waals surface area contributed by atoms with E-state index in [-0.39, 0.29) is 5.92 Å². The lowest BCUT2D eigenvalue weighted by Gasteiger charge is -2.16. The van der Waals surface area contributed by atoms with Crippen LogP contribution in [0.1, 0.15) is 26.7 Å². The minimum absolute atomic E-state index is 0.202. The zero-order chi connectivity index (χ0) is 11.0. The average Bonchev–Trinajstić information content (AvgIpc) is 2.12. The Morgan fingerprint density at radius 2 is 2.29 bits per heavy atom. The van der Waals surface area contributed by atoms with Gasteiger partial charge in [0, 0.05) is 16.4 Å². The van der Waals surface area contributed by atoms with E-state index in [0.717, 1.165) is 12.8 Å². The Bertz CT molecular complexity index is 232. The number of hydrogen-bond donors (Lipinski definition) is 2. The van der Waals surface area contributed by atoms with Crippen LogP contribution >= 0.6 is 22.6 Å². The molecule has 0 aromatic rings. The Balaban J connectivity index is 4.11. The predicted molar refractivity (Wildman–Crippen MR) is 67.2 cm³/mol. The van der Waals surface area contributed by atoms with Crippen LogP contribution < -0.4 is 11.1 Å². The first kappa shape index (κ1) is 13.6. The molecule has 2 unspecified atom stereocenters. The standard InChI is InChI=1S/C10H17IN2O/c1-3-5-8(7-13-10(12)14)9(11)6-4-2/h8-9H,4,6-7H2,1-2H3,(H3,12,13,14). The molecule has 0 heterocycles.